The van der Waals surface area contributed by atoms with Gasteiger partial charge in [0.1, 0.15) is 23.2 Å². The molecule has 1 aromatic heterocycles. The van der Waals surface area contributed by atoms with Gasteiger partial charge in [-0.3, -0.25) is 4.79 Å². The van der Waals surface area contributed by atoms with Gasteiger partial charge in [-0.2, -0.15) is 5.26 Å². The fraction of sp³-hybridized carbons (Fsp3) is 0.0870. The highest BCUT2D eigenvalue weighted by molar-refractivity contribution is 6.30. The Balaban J connectivity index is 1.73. The fourth-order valence-corrected chi connectivity index (χ4v) is 2.81. The summed E-state index contributed by atoms with van der Waals surface area (Å²) >= 11 is 5.99. The third-order valence-corrected chi connectivity index (χ3v) is 4.28. The summed E-state index contributed by atoms with van der Waals surface area (Å²) in [6.45, 7) is 2.00. The Morgan fingerprint density at radius 1 is 1.17 bits per heavy atom. The lowest BCUT2D eigenvalue weighted by Crippen LogP contribution is -2.13. The van der Waals surface area contributed by atoms with E-state index in [0.717, 1.165) is 5.56 Å². The number of rotatable bonds is 6. The zero-order valence-electron chi connectivity index (χ0n) is 16.0. The number of nitriles is 1. The maximum absolute atomic E-state index is 12.4. The molecule has 0 aliphatic rings. The van der Waals surface area contributed by atoms with Gasteiger partial charge in [0.05, 0.1) is 12.2 Å². The summed E-state index contributed by atoms with van der Waals surface area (Å²) in [6.07, 6.45) is 1.36. The van der Waals surface area contributed by atoms with Gasteiger partial charge in [0, 0.05) is 22.3 Å². The van der Waals surface area contributed by atoms with Crippen molar-refractivity contribution in [2.75, 3.05) is 11.9 Å². The highest BCUT2D eigenvalue weighted by Gasteiger charge is 2.13. The molecule has 1 heterocycles. The molecule has 3 rings (SSSR count). The molecule has 0 bridgehead atoms. The number of anilines is 1. The van der Waals surface area contributed by atoms with Crippen molar-refractivity contribution in [1.29, 1.82) is 5.26 Å². The number of carbonyl (C=O) groups excluding carboxylic acids is 2. The molecule has 0 spiro atoms. The van der Waals surface area contributed by atoms with Gasteiger partial charge >= 0.3 is 5.97 Å². The van der Waals surface area contributed by atoms with Crippen LogP contribution in [0, 0.1) is 11.3 Å². The van der Waals surface area contributed by atoms with E-state index in [1.807, 2.05) is 12.1 Å². The topological polar surface area (TPSA) is 92.3 Å². The van der Waals surface area contributed by atoms with Gasteiger partial charge in [0.15, 0.2) is 0 Å². The van der Waals surface area contributed by atoms with E-state index in [4.69, 9.17) is 20.8 Å². The van der Waals surface area contributed by atoms with E-state index < -0.39 is 11.9 Å². The SMILES string of the molecule is CCOC(=O)c1ccc(NC(=O)/C(C#N)=C\c2ccc(-c3cccc(Cl)c3)o2)cc1. The van der Waals surface area contributed by atoms with Gasteiger partial charge in [-0.1, -0.05) is 23.7 Å². The Labute approximate surface area is 178 Å². The normalized spacial score (nSPS) is 10.9. The minimum atomic E-state index is -0.595. The maximum atomic E-state index is 12.4. The van der Waals surface area contributed by atoms with Crippen LogP contribution >= 0.6 is 11.6 Å². The molecular formula is C23H17ClN2O4. The molecule has 0 aliphatic carbocycles. The third-order valence-electron chi connectivity index (χ3n) is 4.04. The van der Waals surface area contributed by atoms with Crippen molar-refractivity contribution in [3.05, 3.63) is 82.6 Å². The van der Waals surface area contributed by atoms with Crippen molar-refractivity contribution in [2.24, 2.45) is 0 Å². The Bertz CT molecular complexity index is 1140. The predicted octanol–water partition coefficient (Wildman–Crippen LogP) is 5.32. The molecule has 0 unspecified atom stereocenters. The molecule has 0 saturated heterocycles. The van der Waals surface area contributed by atoms with Crippen LogP contribution in [0.15, 0.2) is 70.7 Å². The lowest BCUT2D eigenvalue weighted by Gasteiger charge is -2.06. The van der Waals surface area contributed by atoms with Crippen LogP contribution in [-0.4, -0.2) is 18.5 Å². The molecule has 1 N–H and O–H groups in total. The first-order valence-electron chi connectivity index (χ1n) is 9.06. The van der Waals surface area contributed by atoms with Crippen LogP contribution < -0.4 is 5.32 Å². The smallest absolute Gasteiger partial charge is 0.338 e. The molecule has 0 fully saturated rings. The lowest BCUT2D eigenvalue weighted by molar-refractivity contribution is -0.112. The largest absolute Gasteiger partial charge is 0.462 e. The second-order valence-electron chi connectivity index (χ2n) is 6.13. The van der Waals surface area contributed by atoms with Gasteiger partial charge < -0.3 is 14.5 Å². The second kappa shape index (κ2) is 9.59. The van der Waals surface area contributed by atoms with E-state index in [-0.39, 0.29) is 12.2 Å². The van der Waals surface area contributed by atoms with Crippen molar-refractivity contribution in [2.45, 2.75) is 6.92 Å². The standard InChI is InChI=1S/C23H17ClN2O4/c1-2-29-23(28)15-6-8-19(9-7-15)26-22(27)17(14-25)13-20-10-11-21(30-20)16-4-3-5-18(24)12-16/h3-13H,2H2,1H3,(H,26,27)/b17-13-. The predicted molar refractivity (Wildman–Crippen MR) is 114 cm³/mol. The number of hydrogen-bond donors (Lipinski definition) is 1. The van der Waals surface area contributed by atoms with Crippen molar-refractivity contribution >= 4 is 35.2 Å². The zero-order valence-corrected chi connectivity index (χ0v) is 16.8. The maximum Gasteiger partial charge on any atom is 0.338 e. The molecule has 2 aromatic carbocycles. The minimum Gasteiger partial charge on any atom is -0.462 e. The summed E-state index contributed by atoms with van der Waals surface area (Å²) in [5.74, 6) is -0.117. The number of benzene rings is 2. The number of nitrogens with one attached hydrogen (secondary N) is 1. The van der Waals surface area contributed by atoms with E-state index in [1.165, 1.54) is 18.2 Å². The van der Waals surface area contributed by atoms with Crippen molar-refractivity contribution in [1.82, 2.24) is 0 Å². The van der Waals surface area contributed by atoms with E-state index >= 15 is 0 Å². The Morgan fingerprint density at radius 2 is 1.93 bits per heavy atom. The number of ether oxygens (including phenoxy) is 1. The van der Waals surface area contributed by atoms with Crippen LogP contribution in [0.1, 0.15) is 23.0 Å². The average Bonchev–Trinajstić information content (AvgIpc) is 3.21. The monoisotopic (exact) mass is 420 g/mol. The number of esters is 1. The summed E-state index contributed by atoms with van der Waals surface area (Å²) in [6, 6.07) is 18.6. The fourth-order valence-electron chi connectivity index (χ4n) is 2.62. The van der Waals surface area contributed by atoms with Crippen molar-refractivity contribution in [3.63, 3.8) is 0 Å². The quantitative estimate of drug-likeness (QED) is 0.331. The average molecular weight is 421 g/mol. The summed E-state index contributed by atoms with van der Waals surface area (Å²) < 4.78 is 10.6. The van der Waals surface area contributed by atoms with Crippen LogP contribution in [0.3, 0.4) is 0 Å². The summed E-state index contributed by atoms with van der Waals surface area (Å²) in [4.78, 5) is 24.1. The number of nitrogens with zero attached hydrogens (tertiary/aromatic N) is 1. The third kappa shape index (κ3) is 5.16. The first-order chi connectivity index (χ1) is 14.5. The van der Waals surface area contributed by atoms with Crippen LogP contribution in [0.4, 0.5) is 5.69 Å². The molecule has 7 heteroatoms. The molecule has 0 radical (unpaired) electrons. The zero-order chi connectivity index (χ0) is 21.5. The second-order valence-corrected chi connectivity index (χ2v) is 6.57. The molecular weight excluding hydrogens is 404 g/mol. The van der Waals surface area contributed by atoms with E-state index in [2.05, 4.69) is 5.32 Å². The Hall–Kier alpha value is -3.82. The Kier molecular flexibility index (Phi) is 6.68. The number of amides is 1. The van der Waals surface area contributed by atoms with Crippen molar-refractivity contribution < 1.29 is 18.7 Å². The summed E-state index contributed by atoms with van der Waals surface area (Å²) in [7, 11) is 0. The van der Waals surface area contributed by atoms with E-state index in [0.29, 0.717) is 27.8 Å². The molecule has 3 aromatic rings. The van der Waals surface area contributed by atoms with Gasteiger partial charge in [-0.25, -0.2) is 4.79 Å². The van der Waals surface area contributed by atoms with Gasteiger partial charge in [-0.05, 0) is 55.5 Å². The molecule has 0 saturated carbocycles. The molecule has 0 aliphatic heterocycles. The van der Waals surface area contributed by atoms with E-state index in [1.54, 1.807) is 49.4 Å². The summed E-state index contributed by atoms with van der Waals surface area (Å²) in [5, 5.41) is 12.6. The van der Waals surface area contributed by atoms with Crippen LogP contribution in [0.2, 0.25) is 5.02 Å². The van der Waals surface area contributed by atoms with Crippen LogP contribution in [-0.2, 0) is 9.53 Å². The number of halogens is 1. The first kappa shape index (κ1) is 20.9. The van der Waals surface area contributed by atoms with Crippen LogP contribution in [0.5, 0.6) is 0 Å². The lowest BCUT2D eigenvalue weighted by atomic mass is 10.2. The molecule has 150 valence electrons. The highest BCUT2D eigenvalue weighted by atomic mass is 35.5. The molecule has 1 amide bonds. The molecule has 0 atom stereocenters. The number of furan rings is 1. The molecule has 6 nitrogen and oxygen atoms in total. The highest BCUT2D eigenvalue weighted by Crippen LogP contribution is 2.26. The van der Waals surface area contributed by atoms with Gasteiger partial charge in [0.2, 0.25) is 0 Å². The van der Waals surface area contributed by atoms with Crippen molar-refractivity contribution in [3.8, 4) is 17.4 Å². The van der Waals surface area contributed by atoms with Gasteiger partial charge in [0.25, 0.3) is 5.91 Å². The molecule has 30 heavy (non-hydrogen) atoms. The number of hydrogen-bond acceptors (Lipinski definition) is 5. The van der Waals surface area contributed by atoms with Crippen LogP contribution in [0.25, 0.3) is 17.4 Å². The number of carbonyl (C=O) groups is 2. The van der Waals surface area contributed by atoms with E-state index in [9.17, 15) is 14.9 Å². The first-order valence-corrected chi connectivity index (χ1v) is 9.44. The summed E-state index contributed by atoms with van der Waals surface area (Å²) in [5.41, 5.74) is 1.46. The Morgan fingerprint density at radius 3 is 2.60 bits per heavy atom. The van der Waals surface area contributed by atoms with Gasteiger partial charge in [-0.15, -0.1) is 0 Å². The minimum absolute atomic E-state index is 0.128.